The van der Waals surface area contributed by atoms with E-state index in [4.69, 9.17) is 33.3 Å². The van der Waals surface area contributed by atoms with Crippen LogP contribution in [0.5, 0.6) is 5.75 Å². The van der Waals surface area contributed by atoms with Crippen LogP contribution in [0.15, 0.2) is 72.2 Å². The molecule has 352 valence electrons. The fourth-order valence-corrected chi connectivity index (χ4v) is 11.8. The fraction of sp³-hybridized carbons (Fsp3) is 0.471. The van der Waals surface area contributed by atoms with E-state index in [9.17, 15) is 24.4 Å². The maximum Gasteiger partial charge on any atom is 0.259 e. The van der Waals surface area contributed by atoms with E-state index in [2.05, 4.69) is 15.6 Å². The van der Waals surface area contributed by atoms with Gasteiger partial charge in [0.1, 0.15) is 36.0 Å². The van der Waals surface area contributed by atoms with Crippen LogP contribution in [0.1, 0.15) is 90.0 Å². The third-order valence-electron chi connectivity index (χ3n) is 13.7. The van der Waals surface area contributed by atoms with Crippen molar-refractivity contribution in [3.63, 3.8) is 0 Å². The Morgan fingerprint density at radius 3 is 2.30 bits per heavy atom. The highest BCUT2D eigenvalue weighted by atomic mass is 35.5. The lowest BCUT2D eigenvalue weighted by atomic mass is 9.48. The summed E-state index contributed by atoms with van der Waals surface area (Å²) in [6, 6.07) is 21.2. The van der Waals surface area contributed by atoms with Crippen molar-refractivity contribution in [2.75, 3.05) is 36.2 Å². The molecule has 2 saturated carbocycles. The van der Waals surface area contributed by atoms with Crippen molar-refractivity contribution in [1.82, 2.24) is 20.5 Å². The normalized spacial score (nSPS) is 22.5. The van der Waals surface area contributed by atoms with Crippen LogP contribution in [0.3, 0.4) is 0 Å². The van der Waals surface area contributed by atoms with Crippen LogP contribution in [-0.4, -0.2) is 82.6 Å². The molecule has 0 radical (unpaired) electrons. The van der Waals surface area contributed by atoms with Gasteiger partial charge >= 0.3 is 0 Å². The first kappa shape index (κ1) is 48.1. The molecule has 8 rings (SSSR count). The van der Waals surface area contributed by atoms with Crippen molar-refractivity contribution in [1.29, 1.82) is 5.26 Å². The Morgan fingerprint density at radius 1 is 1.00 bits per heavy atom. The Hall–Kier alpha value is -5.40. The summed E-state index contributed by atoms with van der Waals surface area (Å²) < 4.78 is 12.1. The van der Waals surface area contributed by atoms with Crippen LogP contribution >= 0.6 is 35.2 Å². The van der Waals surface area contributed by atoms with Crippen molar-refractivity contribution in [2.24, 2.45) is 22.7 Å². The zero-order valence-electron chi connectivity index (χ0n) is 38.9. The number of carbonyl (C=O) groups is 4. The van der Waals surface area contributed by atoms with Crippen LogP contribution in [0, 0.1) is 40.9 Å². The molecule has 1 unspecified atom stereocenters. The van der Waals surface area contributed by atoms with Crippen LogP contribution in [0.25, 0.3) is 10.4 Å². The maximum absolute atomic E-state index is 14.0. The predicted octanol–water partition coefficient (Wildman–Crippen LogP) is 8.60. The molecule has 2 saturated heterocycles. The van der Waals surface area contributed by atoms with Crippen molar-refractivity contribution in [3.05, 3.63) is 94.1 Å². The number of halogens is 1. The molecule has 67 heavy (non-hydrogen) atoms. The van der Waals surface area contributed by atoms with Gasteiger partial charge in [-0.1, -0.05) is 56.6 Å². The third kappa shape index (κ3) is 10.1. The number of nitrogens with one attached hydrogen (secondary N) is 2. The van der Waals surface area contributed by atoms with Crippen LogP contribution < -0.4 is 25.2 Å². The van der Waals surface area contributed by atoms with Crippen molar-refractivity contribution in [2.45, 2.75) is 104 Å². The number of ether oxygens (including phenoxy) is 2. The van der Waals surface area contributed by atoms with Gasteiger partial charge in [0.15, 0.2) is 5.11 Å². The molecule has 0 bridgehead atoms. The molecule has 3 aromatic carbocycles. The van der Waals surface area contributed by atoms with E-state index in [1.165, 1.54) is 4.90 Å². The Balaban J connectivity index is 0.743. The third-order valence-corrected chi connectivity index (χ3v) is 15.4. The molecule has 16 heteroatoms. The molecule has 4 fully saturated rings. The number of nitriles is 1. The van der Waals surface area contributed by atoms with Crippen LogP contribution in [0.4, 0.5) is 11.4 Å². The average Bonchev–Trinajstić information content (AvgIpc) is 3.98. The number of rotatable bonds is 15. The topological polar surface area (TPSA) is 157 Å². The molecule has 3 heterocycles. The minimum absolute atomic E-state index is 0.133. The minimum atomic E-state index is -0.952. The first-order chi connectivity index (χ1) is 31.9. The van der Waals surface area contributed by atoms with Gasteiger partial charge in [0.2, 0.25) is 17.7 Å². The lowest BCUT2D eigenvalue weighted by molar-refractivity contribution is -0.145. The van der Waals surface area contributed by atoms with E-state index in [0.717, 1.165) is 58.8 Å². The quantitative estimate of drug-likeness (QED) is 0.111. The number of benzene rings is 3. The Morgan fingerprint density at radius 2 is 1.67 bits per heavy atom. The molecule has 1 aromatic heterocycles. The molecular formula is C51H58ClN7O6S2. The molecule has 4 amide bonds. The van der Waals surface area contributed by atoms with Gasteiger partial charge in [-0.05, 0) is 148 Å². The van der Waals surface area contributed by atoms with Gasteiger partial charge in [-0.25, -0.2) is 4.98 Å². The highest BCUT2D eigenvalue weighted by Crippen LogP contribution is 2.61. The molecule has 4 aromatic rings. The van der Waals surface area contributed by atoms with Crippen LogP contribution in [0.2, 0.25) is 5.02 Å². The summed E-state index contributed by atoms with van der Waals surface area (Å²) in [5.41, 5.74) is 5.24. The number of thiazole rings is 1. The molecule has 4 aliphatic rings. The second kappa shape index (κ2) is 19.3. The van der Waals surface area contributed by atoms with E-state index < -0.39 is 23.0 Å². The predicted molar refractivity (Wildman–Crippen MR) is 264 cm³/mol. The first-order valence-electron chi connectivity index (χ1n) is 22.9. The standard InChI is InChI=1S/C51H58ClN7O6S2/c1-31-43(67-30-55-31)35-11-9-32(10-12-35)26-54-45(61)41-8-7-19-57(41)46(62)44(49(2,3)4)56-42(60)29-64-27-33-21-51(22-33)23-34(24-51)28-65-39-17-15-37(16-18-39)59-48(66)58(47(63)50(59,5)6)38-14-13-36(25-53)40(52)20-38/h9-18,20,30,33-34,41,44H,7-8,19,21-24,26-29H2,1-6H3,(H,54,61)(H,56,60)/t33?,34?,41-,44?,51?/m0/s1. The molecule has 13 nitrogen and oxygen atoms in total. The molecule has 1 spiro atoms. The Bertz CT molecular complexity index is 2570. The number of thiocarbonyl (C=S) groups is 1. The number of aromatic nitrogens is 1. The number of hydrogen-bond acceptors (Lipinski definition) is 10. The van der Waals surface area contributed by atoms with E-state index in [1.54, 1.807) is 34.4 Å². The van der Waals surface area contributed by atoms with Crippen molar-refractivity contribution >= 4 is 75.3 Å². The van der Waals surface area contributed by atoms with Crippen LogP contribution in [-0.2, 0) is 30.5 Å². The summed E-state index contributed by atoms with van der Waals surface area (Å²) in [4.78, 5) is 64.7. The minimum Gasteiger partial charge on any atom is -0.493 e. The number of hydrogen-bond donors (Lipinski definition) is 2. The van der Waals surface area contributed by atoms with E-state index in [-0.39, 0.29) is 35.3 Å². The SMILES string of the molecule is Cc1ncsc1-c1ccc(CNC(=O)[C@@H]2CCCN2C(=O)C(NC(=O)COCC2CC3(C2)CC(COc2ccc(N4C(=S)N(c5ccc(C#N)c(Cl)c5)C(=O)C4(C)C)cc2)C3)C(C)(C)C)cc1. The lowest BCUT2D eigenvalue weighted by Crippen LogP contribution is -2.58. The van der Waals surface area contributed by atoms with Gasteiger partial charge in [-0.2, -0.15) is 5.26 Å². The zero-order chi connectivity index (χ0) is 47.8. The van der Waals surface area contributed by atoms with Crippen molar-refractivity contribution in [3.8, 4) is 22.3 Å². The van der Waals surface area contributed by atoms with E-state index >= 15 is 0 Å². The van der Waals surface area contributed by atoms with Gasteiger partial charge < -0.3 is 29.9 Å². The molecule has 2 aliphatic heterocycles. The first-order valence-corrected chi connectivity index (χ1v) is 24.6. The lowest BCUT2D eigenvalue weighted by Gasteiger charge is -2.57. The molecule has 2 aliphatic carbocycles. The smallest absolute Gasteiger partial charge is 0.259 e. The largest absolute Gasteiger partial charge is 0.493 e. The summed E-state index contributed by atoms with van der Waals surface area (Å²) in [6.07, 6.45) is 5.55. The van der Waals surface area contributed by atoms with Gasteiger partial charge in [-0.3, -0.25) is 24.1 Å². The Kier molecular flexibility index (Phi) is 13.8. The molecule has 2 atom stereocenters. The number of carbonyl (C=O) groups excluding carboxylic acids is 4. The van der Waals surface area contributed by atoms with Gasteiger partial charge in [0.05, 0.1) is 45.6 Å². The van der Waals surface area contributed by atoms with E-state index in [0.29, 0.717) is 72.8 Å². The summed E-state index contributed by atoms with van der Waals surface area (Å²) in [5, 5.41) is 15.8. The second-order valence-corrected chi connectivity index (χ2v) is 21.8. The van der Waals surface area contributed by atoms with Gasteiger partial charge in [-0.15, -0.1) is 11.3 Å². The highest BCUT2D eigenvalue weighted by Gasteiger charge is 2.53. The molecule has 2 N–H and O–H groups in total. The number of nitrogens with zero attached hydrogens (tertiary/aromatic N) is 5. The fourth-order valence-electron chi connectivity index (χ4n) is 10.3. The number of amides is 4. The highest BCUT2D eigenvalue weighted by molar-refractivity contribution is 7.81. The number of likely N-dealkylation sites (tertiary alicyclic amines) is 1. The number of anilines is 2. The summed E-state index contributed by atoms with van der Waals surface area (Å²) in [7, 11) is 0. The second-order valence-electron chi connectivity index (χ2n) is 20.2. The number of aryl methyl sites for hydroxylation is 1. The summed E-state index contributed by atoms with van der Waals surface area (Å²) >= 11 is 13.7. The van der Waals surface area contributed by atoms with Gasteiger partial charge in [0, 0.05) is 18.8 Å². The molecular weight excluding hydrogens is 906 g/mol. The summed E-state index contributed by atoms with van der Waals surface area (Å²) in [5.74, 6) is 0.586. The monoisotopic (exact) mass is 963 g/mol. The average molecular weight is 965 g/mol. The Labute approximate surface area is 407 Å². The van der Waals surface area contributed by atoms with Crippen molar-refractivity contribution < 1.29 is 28.7 Å². The maximum atomic E-state index is 14.0. The van der Waals surface area contributed by atoms with E-state index in [1.807, 2.05) is 107 Å². The zero-order valence-corrected chi connectivity index (χ0v) is 41.3. The summed E-state index contributed by atoms with van der Waals surface area (Å²) in [6.45, 7) is 13.2. The van der Waals surface area contributed by atoms with Gasteiger partial charge in [0.25, 0.3) is 5.91 Å².